The van der Waals surface area contributed by atoms with Gasteiger partial charge in [-0.15, -0.1) is 0 Å². The van der Waals surface area contributed by atoms with Crippen LogP contribution in [0, 0.1) is 20.8 Å². The largest absolute Gasteiger partial charge is 0.372 e. The Morgan fingerprint density at radius 3 is 1.96 bits per heavy atom. The molecule has 27 heavy (non-hydrogen) atoms. The average molecular weight is 365 g/mol. The van der Waals surface area contributed by atoms with Crippen LogP contribution in [0.3, 0.4) is 0 Å². The Morgan fingerprint density at radius 2 is 1.37 bits per heavy atom. The van der Waals surface area contributed by atoms with E-state index in [2.05, 4.69) is 15.5 Å². The minimum atomic E-state index is -0.667. The molecule has 2 aromatic rings. The average Bonchev–Trinajstić information content (AvgIpc) is 2.65. The first-order valence-corrected chi connectivity index (χ1v) is 9.49. The lowest BCUT2D eigenvalue weighted by Gasteiger charge is -2.28. The second-order valence-electron chi connectivity index (χ2n) is 7.28. The molecule has 1 aliphatic heterocycles. The van der Waals surface area contributed by atoms with Crippen molar-refractivity contribution >= 4 is 28.9 Å². The first kappa shape index (κ1) is 19.0. The Balaban J connectivity index is 1.62. The fourth-order valence-electron chi connectivity index (χ4n) is 3.64. The van der Waals surface area contributed by atoms with Crippen molar-refractivity contribution in [2.24, 2.45) is 0 Å². The third-order valence-electron chi connectivity index (χ3n) is 4.97. The summed E-state index contributed by atoms with van der Waals surface area (Å²) in [6.07, 6.45) is 3.73. The molecule has 0 aliphatic carbocycles. The van der Waals surface area contributed by atoms with E-state index in [1.54, 1.807) is 0 Å². The van der Waals surface area contributed by atoms with E-state index in [4.69, 9.17) is 0 Å². The fourth-order valence-corrected chi connectivity index (χ4v) is 3.64. The van der Waals surface area contributed by atoms with Crippen LogP contribution >= 0.6 is 0 Å². The van der Waals surface area contributed by atoms with Crippen LogP contribution in [-0.4, -0.2) is 24.9 Å². The topological polar surface area (TPSA) is 61.4 Å². The van der Waals surface area contributed by atoms with Crippen LogP contribution in [0.15, 0.2) is 36.4 Å². The third kappa shape index (κ3) is 4.67. The van der Waals surface area contributed by atoms with Crippen LogP contribution in [0.1, 0.15) is 36.0 Å². The van der Waals surface area contributed by atoms with Crippen LogP contribution in [0.25, 0.3) is 0 Å². The predicted molar refractivity (Wildman–Crippen MR) is 110 cm³/mol. The summed E-state index contributed by atoms with van der Waals surface area (Å²) in [4.78, 5) is 26.9. The highest BCUT2D eigenvalue weighted by molar-refractivity contribution is 6.43. The van der Waals surface area contributed by atoms with E-state index in [0.29, 0.717) is 11.4 Å². The van der Waals surface area contributed by atoms with E-state index < -0.39 is 11.8 Å². The van der Waals surface area contributed by atoms with Crippen LogP contribution in [0.2, 0.25) is 0 Å². The summed E-state index contributed by atoms with van der Waals surface area (Å²) in [7, 11) is 0. The van der Waals surface area contributed by atoms with Crippen LogP contribution in [-0.2, 0) is 9.59 Å². The molecule has 5 heteroatoms. The van der Waals surface area contributed by atoms with Gasteiger partial charge in [-0.25, -0.2) is 0 Å². The number of piperidine rings is 1. The molecule has 2 amide bonds. The summed E-state index contributed by atoms with van der Waals surface area (Å²) < 4.78 is 0. The van der Waals surface area contributed by atoms with Crippen LogP contribution in [0.4, 0.5) is 17.1 Å². The molecule has 1 fully saturated rings. The molecule has 142 valence electrons. The van der Waals surface area contributed by atoms with Gasteiger partial charge in [0.25, 0.3) is 0 Å². The SMILES string of the molecule is Cc1cc(C)c(NC(=O)C(=O)Nc2ccc(N3CCCCC3)cc2)c(C)c1. The predicted octanol–water partition coefficient (Wildman–Crippen LogP) is 4.18. The van der Waals surface area contributed by atoms with Gasteiger partial charge in [0.1, 0.15) is 0 Å². The Bertz CT molecular complexity index is 814. The van der Waals surface area contributed by atoms with Crippen molar-refractivity contribution in [3.63, 3.8) is 0 Å². The van der Waals surface area contributed by atoms with Gasteiger partial charge < -0.3 is 15.5 Å². The lowest BCUT2D eigenvalue weighted by molar-refractivity contribution is -0.133. The molecule has 0 saturated carbocycles. The van der Waals surface area contributed by atoms with Crippen LogP contribution in [0.5, 0.6) is 0 Å². The summed E-state index contributed by atoms with van der Waals surface area (Å²) in [5.41, 5.74) is 5.48. The lowest BCUT2D eigenvalue weighted by atomic mass is 10.1. The molecular formula is C22H27N3O2. The van der Waals surface area contributed by atoms with Crippen molar-refractivity contribution in [3.8, 4) is 0 Å². The van der Waals surface area contributed by atoms with Crippen molar-refractivity contribution in [3.05, 3.63) is 53.1 Å². The van der Waals surface area contributed by atoms with E-state index in [-0.39, 0.29) is 0 Å². The first-order chi connectivity index (χ1) is 12.9. The number of carbonyl (C=O) groups excluding carboxylic acids is 2. The number of rotatable bonds is 3. The number of hydrogen-bond acceptors (Lipinski definition) is 3. The Labute approximate surface area is 160 Å². The Hall–Kier alpha value is -2.82. The zero-order valence-corrected chi connectivity index (χ0v) is 16.3. The third-order valence-corrected chi connectivity index (χ3v) is 4.97. The fraction of sp³-hybridized carbons (Fsp3) is 0.364. The number of nitrogens with zero attached hydrogens (tertiary/aromatic N) is 1. The van der Waals surface area contributed by atoms with Crippen molar-refractivity contribution < 1.29 is 9.59 Å². The molecular weight excluding hydrogens is 338 g/mol. The number of hydrogen-bond donors (Lipinski definition) is 2. The molecule has 0 bridgehead atoms. The van der Waals surface area contributed by atoms with E-state index in [1.807, 2.05) is 57.2 Å². The van der Waals surface area contributed by atoms with Gasteiger partial charge in [-0.1, -0.05) is 17.7 Å². The van der Waals surface area contributed by atoms with Crippen molar-refractivity contribution in [1.82, 2.24) is 0 Å². The lowest BCUT2D eigenvalue weighted by Crippen LogP contribution is -2.30. The van der Waals surface area contributed by atoms with Gasteiger partial charge in [-0.2, -0.15) is 0 Å². The molecule has 2 aromatic carbocycles. The smallest absolute Gasteiger partial charge is 0.314 e. The molecule has 1 heterocycles. The Kier molecular flexibility index (Phi) is 5.79. The number of anilines is 3. The zero-order chi connectivity index (χ0) is 19.4. The Morgan fingerprint density at radius 1 is 0.815 bits per heavy atom. The minimum Gasteiger partial charge on any atom is -0.372 e. The maximum absolute atomic E-state index is 12.3. The van der Waals surface area contributed by atoms with E-state index in [1.165, 1.54) is 19.3 Å². The standard InChI is InChI=1S/C22H27N3O2/c1-15-13-16(2)20(17(3)14-15)24-22(27)21(26)23-18-7-9-19(10-8-18)25-11-5-4-6-12-25/h7-10,13-14H,4-6,11-12H2,1-3H3,(H,23,26)(H,24,27). The summed E-state index contributed by atoms with van der Waals surface area (Å²) in [6, 6.07) is 11.6. The van der Waals surface area contributed by atoms with E-state index >= 15 is 0 Å². The maximum Gasteiger partial charge on any atom is 0.314 e. The summed E-state index contributed by atoms with van der Waals surface area (Å²) in [5.74, 6) is -1.33. The molecule has 0 radical (unpaired) electrons. The highest BCUT2D eigenvalue weighted by Crippen LogP contribution is 2.23. The van der Waals surface area contributed by atoms with Crippen molar-refractivity contribution in [2.75, 3.05) is 28.6 Å². The second-order valence-corrected chi connectivity index (χ2v) is 7.28. The zero-order valence-electron chi connectivity index (χ0n) is 16.3. The maximum atomic E-state index is 12.3. The summed E-state index contributed by atoms with van der Waals surface area (Å²) in [6.45, 7) is 8.00. The number of amides is 2. The minimum absolute atomic E-state index is 0.619. The van der Waals surface area contributed by atoms with E-state index in [0.717, 1.165) is 35.5 Å². The van der Waals surface area contributed by atoms with Gasteiger partial charge in [-0.3, -0.25) is 9.59 Å². The molecule has 1 saturated heterocycles. The number of benzene rings is 2. The van der Waals surface area contributed by atoms with E-state index in [9.17, 15) is 9.59 Å². The van der Waals surface area contributed by atoms with Gasteiger partial charge in [0.15, 0.2) is 0 Å². The molecule has 2 N–H and O–H groups in total. The summed E-state index contributed by atoms with van der Waals surface area (Å²) in [5, 5.41) is 5.40. The molecule has 0 atom stereocenters. The van der Waals surface area contributed by atoms with Gasteiger partial charge in [0.2, 0.25) is 0 Å². The summed E-state index contributed by atoms with van der Waals surface area (Å²) >= 11 is 0. The molecule has 1 aliphatic rings. The quantitative estimate of drug-likeness (QED) is 0.802. The number of nitrogens with one attached hydrogen (secondary N) is 2. The molecule has 3 rings (SSSR count). The van der Waals surface area contributed by atoms with Crippen LogP contribution < -0.4 is 15.5 Å². The van der Waals surface area contributed by atoms with Gasteiger partial charge in [0.05, 0.1) is 0 Å². The molecule has 0 spiro atoms. The number of aryl methyl sites for hydroxylation is 3. The molecule has 5 nitrogen and oxygen atoms in total. The molecule has 0 unspecified atom stereocenters. The van der Waals surface area contributed by atoms with Crippen molar-refractivity contribution in [1.29, 1.82) is 0 Å². The normalized spacial score (nSPS) is 14.0. The number of carbonyl (C=O) groups is 2. The van der Waals surface area contributed by atoms with Gasteiger partial charge >= 0.3 is 11.8 Å². The van der Waals surface area contributed by atoms with Crippen molar-refractivity contribution in [2.45, 2.75) is 40.0 Å². The molecule has 0 aromatic heterocycles. The second kappa shape index (κ2) is 8.25. The monoisotopic (exact) mass is 365 g/mol. The van der Waals surface area contributed by atoms with Gasteiger partial charge in [0, 0.05) is 30.2 Å². The highest BCUT2D eigenvalue weighted by Gasteiger charge is 2.17. The first-order valence-electron chi connectivity index (χ1n) is 9.49. The van der Waals surface area contributed by atoms with Gasteiger partial charge in [-0.05, 0) is 75.4 Å². The highest BCUT2D eigenvalue weighted by atomic mass is 16.2.